The van der Waals surface area contributed by atoms with E-state index in [1.165, 1.54) is 11.1 Å². The second-order valence-electron chi connectivity index (χ2n) is 5.02. The average Bonchev–Trinajstić information content (AvgIpc) is 2.38. The van der Waals surface area contributed by atoms with E-state index in [-0.39, 0.29) is 0 Å². The first-order valence-corrected chi connectivity index (χ1v) is 6.49. The molecule has 0 unspecified atom stereocenters. The molecule has 1 heteroatoms. The zero-order chi connectivity index (χ0) is 12.8. The van der Waals surface area contributed by atoms with Gasteiger partial charge in [-0.15, -0.1) is 0 Å². The van der Waals surface area contributed by atoms with Crippen molar-refractivity contribution in [3.8, 4) is 5.75 Å². The van der Waals surface area contributed by atoms with Crippen LogP contribution in [0.15, 0.2) is 54.6 Å². The van der Waals surface area contributed by atoms with Crippen LogP contribution >= 0.6 is 0 Å². The Bertz CT molecular complexity index is 457. The Balaban J connectivity index is 1.90. The van der Waals surface area contributed by atoms with E-state index in [9.17, 15) is 0 Å². The van der Waals surface area contributed by atoms with Crippen LogP contribution in [0.4, 0.5) is 0 Å². The molecule has 0 heterocycles. The van der Waals surface area contributed by atoms with Crippen molar-refractivity contribution in [1.82, 2.24) is 0 Å². The van der Waals surface area contributed by atoms with Gasteiger partial charge in [0.15, 0.2) is 0 Å². The normalized spacial score (nSPS) is 10.6. The van der Waals surface area contributed by atoms with E-state index >= 15 is 0 Å². The summed E-state index contributed by atoms with van der Waals surface area (Å²) in [5, 5.41) is 0. The Kier molecular flexibility index (Phi) is 4.40. The highest BCUT2D eigenvalue weighted by molar-refractivity contribution is 5.28. The van der Waals surface area contributed by atoms with E-state index in [1.807, 2.05) is 18.2 Å². The third-order valence-corrected chi connectivity index (χ3v) is 2.82. The molecule has 2 aromatic carbocycles. The van der Waals surface area contributed by atoms with Crippen LogP contribution in [0.5, 0.6) is 5.75 Å². The molecule has 0 aliphatic carbocycles. The summed E-state index contributed by atoms with van der Waals surface area (Å²) in [6, 6.07) is 18.7. The van der Waals surface area contributed by atoms with E-state index in [2.05, 4.69) is 50.2 Å². The second-order valence-corrected chi connectivity index (χ2v) is 5.02. The molecular weight excluding hydrogens is 220 g/mol. The van der Waals surface area contributed by atoms with Gasteiger partial charge in [-0.1, -0.05) is 56.3 Å². The van der Waals surface area contributed by atoms with Gasteiger partial charge in [-0.25, -0.2) is 0 Å². The molecule has 0 N–H and O–H groups in total. The molecule has 0 amide bonds. The first-order chi connectivity index (χ1) is 8.74. The summed E-state index contributed by atoms with van der Waals surface area (Å²) in [6.07, 6.45) is 1.12. The minimum atomic E-state index is 0.629. The fraction of sp³-hybridized carbons (Fsp3) is 0.294. The Hall–Kier alpha value is -1.76. The maximum absolute atomic E-state index is 5.75. The number of benzene rings is 2. The van der Waals surface area contributed by atoms with Crippen LogP contribution in [-0.2, 0) is 13.0 Å². The maximum Gasteiger partial charge on any atom is 0.119 e. The number of hydrogen-bond acceptors (Lipinski definition) is 1. The molecule has 0 aromatic heterocycles. The summed E-state index contributed by atoms with van der Waals surface area (Å²) in [6.45, 7) is 5.10. The van der Waals surface area contributed by atoms with E-state index in [0.717, 1.165) is 12.2 Å². The highest BCUT2D eigenvalue weighted by Crippen LogP contribution is 2.16. The molecule has 0 saturated heterocycles. The van der Waals surface area contributed by atoms with E-state index in [0.29, 0.717) is 12.5 Å². The molecule has 2 rings (SSSR count). The molecule has 0 bridgehead atoms. The number of hydrogen-bond donors (Lipinski definition) is 0. The lowest BCUT2D eigenvalue weighted by atomic mass is 10.0. The molecular formula is C17H20O. The van der Waals surface area contributed by atoms with Gasteiger partial charge in [0, 0.05) is 0 Å². The minimum absolute atomic E-state index is 0.629. The fourth-order valence-corrected chi connectivity index (χ4v) is 1.93. The molecule has 0 radical (unpaired) electrons. The first-order valence-electron chi connectivity index (χ1n) is 6.49. The summed E-state index contributed by atoms with van der Waals surface area (Å²) < 4.78 is 5.75. The molecule has 1 nitrogen and oxygen atoms in total. The minimum Gasteiger partial charge on any atom is -0.489 e. The summed E-state index contributed by atoms with van der Waals surface area (Å²) in [7, 11) is 0. The van der Waals surface area contributed by atoms with Crippen molar-refractivity contribution in [2.75, 3.05) is 0 Å². The molecule has 0 aliphatic heterocycles. The lowest BCUT2D eigenvalue weighted by Crippen LogP contribution is -1.96. The standard InChI is InChI=1S/C17H20O/c1-14(2)12-15-8-10-17(11-9-15)18-13-16-6-4-3-5-7-16/h3-11,14H,12-13H2,1-2H3. The van der Waals surface area contributed by atoms with Crippen molar-refractivity contribution in [2.45, 2.75) is 26.9 Å². The lowest BCUT2D eigenvalue weighted by molar-refractivity contribution is 0.306. The molecule has 0 spiro atoms. The highest BCUT2D eigenvalue weighted by Gasteiger charge is 1.99. The molecule has 0 saturated carbocycles. The van der Waals surface area contributed by atoms with Crippen LogP contribution in [-0.4, -0.2) is 0 Å². The van der Waals surface area contributed by atoms with Crippen molar-refractivity contribution in [2.24, 2.45) is 5.92 Å². The summed E-state index contributed by atoms with van der Waals surface area (Å²) in [5.74, 6) is 1.63. The quantitative estimate of drug-likeness (QED) is 0.749. The Morgan fingerprint density at radius 3 is 2.11 bits per heavy atom. The monoisotopic (exact) mass is 240 g/mol. The van der Waals surface area contributed by atoms with Crippen molar-refractivity contribution in [3.05, 3.63) is 65.7 Å². The molecule has 94 valence electrons. The van der Waals surface area contributed by atoms with Gasteiger partial charge in [0.05, 0.1) is 0 Å². The van der Waals surface area contributed by atoms with Crippen molar-refractivity contribution in [3.63, 3.8) is 0 Å². The summed E-state index contributed by atoms with van der Waals surface area (Å²) >= 11 is 0. The Morgan fingerprint density at radius 2 is 1.50 bits per heavy atom. The lowest BCUT2D eigenvalue weighted by Gasteiger charge is -2.08. The second kappa shape index (κ2) is 6.25. The van der Waals surface area contributed by atoms with Crippen LogP contribution in [0, 0.1) is 5.92 Å². The van der Waals surface area contributed by atoms with Gasteiger partial charge in [0.1, 0.15) is 12.4 Å². The van der Waals surface area contributed by atoms with Crippen LogP contribution < -0.4 is 4.74 Å². The fourth-order valence-electron chi connectivity index (χ4n) is 1.93. The van der Waals surface area contributed by atoms with Crippen molar-refractivity contribution < 1.29 is 4.74 Å². The molecule has 0 aliphatic rings. The van der Waals surface area contributed by atoms with Crippen molar-refractivity contribution in [1.29, 1.82) is 0 Å². The van der Waals surface area contributed by atoms with Gasteiger partial charge >= 0.3 is 0 Å². The smallest absolute Gasteiger partial charge is 0.119 e. The summed E-state index contributed by atoms with van der Waals surface area (Å²) in [5.41, 5.74) is 2.57. The van der Waals surface area contributed by atoms with Gasteiger partial charge in [-0.2, -0.15) is 0 Å². The molecule has 0 fully saturated rings. The SMILES string of the molecule is CC(C)Cc1ccc(OCc2ccccc2)cc1. The van der Waals surface area contributed by atoms with Crippen LogP contribution in [0.3, 0.4) is 0 Å². The van der Waals surface area contributed by atoms with Gasteiger partial charge in [-0.3, -0.25) is 0 Å². The van der Waals surface area contributed by atoms with E-state index < -0.39 is 0 Å². The van der Waals surface area contributed by atoms with Crippen molar-refractivity contribution >= 4 is 0 Å². The number of rotatable bonds is 5. The van der Waals surface area contributed by atoms with Gasteiger partial charge in [-0.05, 0) is 35.6 Å². The molecule has 2 aromatic rings. The largest absolute Gasteiger partial charge is 0.489 e. The highest BCUT2D eigenvalue weighted by atomic mass is 16.5. The zero-order valence-electron chi connectivity index (χ0n) is 11.1. The topological polar surface area (TPSA) is 9.23 Å². The summed E-state index contributed by atoms with van der Waals surface area (Å²) in [4.78, 5) is 0. The van der Waals surface area contributed by atoms with Crippen LogP contribution in [0.2, 0.25) is 0 Å². The predicted octanol–water partition coefficient (Wildman–Crippen LogP) is 4.46. The molecule has 0 atom stereocenters. The van der Waals surface area contributed by atoms with E-state index in [4.69, 9.17) is 4.74 Å². The van der Waals surface area contributed by atoms with Gasteiger partial charge in [0.25, 0.3) is 0 Å². The van der Waals surface area contributed by atoms with Gasteiger partial charge in [0.2, 0.25) is 0 Å². The van der Waals surface area contributed by atoms with E-state index in [1.54, 1.807) is 0 Å². The first kappa shape index (κ1) is 12.7. The average molecular weight is 240 g/mol. The van der Waals surface area contributed by atoms with Crippen LogP contribution in [0.25, 0.3) is 0 Å². The van der Waals surface area contributed by atoms with Gasteiger partial charge < -0.3 is 4.74 Å². The maximum atomic E-state index is 5.75. The zero-order valence-corrected chi connectivity index (χ0v) is 11.1. The number of ether oxygens (including phenoxy) is 1. The predicted molar refractivity (Wildman–Crippen MR) is 75.8 cm³/mol. The molecule has 18 heavy (non-hydrogen) atoms. The Labute approximate surface area is 109 Å². The van der Waals surface area contributed by atoms with Crippen LogP contribution in [0.1, 0.15) is 25.0 Å². The third-order valence-electron chi connectivity index (χ3n) is 2.82. The third kappa shape index (κ3) is 3.92. The Morgan fingerprint density at radius 1 is 0.833 bits per heavy atom.